The van der Waals surface area contributed by atoms with Crippen LogP contribution in [0.4, 0.5) is 0 Å². The molecule has 1 aromatic heterocycles. The number of furan rings is 1. The van der Waals surface area contributed by atoms with Gasteiger partial charge >= 0.3 is 0 Å². The molecule has 1 heterocycles. The fourth-order valence-electron chi connectivity index (χ4n) is 2.08. The van der Waals surface area contributed by atoms with Crippen LogP contribution >= 0.6 is 0 Å². The van der Waals surface area contributed by atoms with E-state index in [1.807, 2.05) is 12.1 Å². The summed E-state index contributed by atoms with van der Waals surface area (Å²) >= 11 is 0. The molecule has 3 aromatic rings. The van der Waals surface area contributed by atoms with E-state index in [-0.39, 0.29) is 0 Å². The summed E-state index contributed by atoms with van der Waals surface area (Å²) in [5.41, 5.74) is 4.81. The first-order valence-corrected chi connectivity index (χ1v) is 5.81. The molecule has 2 aromatic carbocycles. The van der Waals surface area contributed by atoms with Gasteiger partial charge in [-0.2, -0.15) is 0 Å². The number of hydrogen-bond acceptors (Lipinski definition) is 2. The first-order chi connectivity index (χ1) is 8.78. The number of benzene rings is 2. The van der Waals surface area contributed by atoms with Crippen LogP contribution in [0.1, 0.15) is 15.9 Å². The second-order valence-electron chi connectivity index (χ2n) is 4.39. The average Bonchev–Trinajstić information content (AvgIpc) is 2.82. The highest BCUT2D eigenvalue weighted by molar-refractivity contribution is 5.96. The normalized spacial score (nSPS) is 10.7. The van der Waals surface area contributed by atoms with Crippen LogP contribution in [0.5, 0.6) is 0 Å². The van der Waals surface area contributed by atoms with Crippen molar-refractivity contribution in [1.29, 1.82) is 0 Å². The van der Waals surface area contributed by atoms with Crippen LogP contribution in [-0.4, -0.2) is 6.29 Å². The summed E-state index contributed by atoms with van der Waals surface area (Å²) in [7, 11) is 0. The number of carbonyl (C=O) groups excluding carboxylic acids is 1. The first kappa shape index (κ1) is 10.8. The van der Waals surface area contributed by atoms with Gasteiger partial charge in [0.15, 0.2) is 0 Å². The number of carbonyl (C=O) groups is 1. The van der Waals surface area contributed by atoms with Crippen molar-refractivity contribution in [3.63, 3.8) is 0 Å². The van der Waals surface area contributed by atoms with E-state index in [0.717, 1.165) is 28.4 Å². The third-order valence-electron chi connectivity index (χ3n) is 3.10. The van der Waals surface area contributed by atoms with Gasteiger partial charge < -0.3 is 4.42 Å². The van der Waals surface area contributed by atoms with E-state index in [1.165, 1.54) is 5.56 Å². The van der Waals surface area contributed by atoms with E-state index in [1.54, 1.807) is 12.3 Å². The summed E-state index contributed by atoms with van der Waals surface area (Å²) < 4.78 is 5.52. The van der Waals surface area contributed by atoms with E-state index in [2.05, 4.69) is 31.2 Å². The molecule has 0 spiro atoms. The van der Waals surface area contributed by atoms with Crippen LogP contribution < -0.4 is 0 Å². The molecule has 0 bridgehead atoms. The topological polar surface area (TPSA) is 30.2 Å². The highest BCUT2D eigenvalue weighted by Gasteiger charge is 2.08. The Balaban J connectivity index is 2.22. The van der Waals surface area contributed by atoms with E-state index in [9.17, 15) is 4.79 Å². The molecule has 0 unspecified atom stereocenters. The molecule has 0 aliphatic rings. The molecule has 88 valence electrons. The van der Waals surface area contributed by atoms with Gasteiger partial charge in [-0.1, -0.05) is 29.8 Å². The summed E-state index contributed by atoms with van der Waals surface area (Å²) in [5.74, 6) is 0. The van der Waals surface area contributed by atoms with Crippen molar-refractivity contribution in [1.82, 2.24) is 0 Å². The zero-order chi connectivity index (χ0) is 12.5. The molecule has 0 aliphatic heterocycles. The maximum Gasteiger partial charge on any atom is 0.150 e. The van der Waals surface area contributed by atoms with Crippen molar-refractivity contribution in [3.8, 4) is 11.1 Å². The molecule has 0 saturated heterocycles. The van der Waals surface area contributed by atoms with E-state index < -0.39 is 0 Å². The average molecular weight is 236 g/mol. The summed E-state index contributed by atoms with van der Waals surface area (Å²) in [6.45, 7) is 2.06. The van der Waals surface area contributed by atoms with Gasteiger partial charge in [0.25, 0.3) is 0 Å². The molecule has 3 rings (SSSR count). The maximum atomic E-state index is 10.8. The minimum absolute atomic E-state index is 0.664. The van der Waals surface area contributed by atoms with Crippen LogP contribution in [0, 0.1) is 6.92 Å². The summed E-state index contributed by atoms with van der Waals surface area (Å²) in [6, 6.07) is 13.7. The molecular formula is C16H12O2. The monoisotopic (exact) mass is 236 g/mol. The molecule has 2 heteroatoms. The largest absolute Gasteiger partial charge is 0.464 e. The molecular weight excluding hydrogens is 224 g/mol. The lowest BCUT2D eigenvalue weighted by Crippen LogP contribution is -1.80. The van der Waals surface area contributed by atoms with Crippen LogP contribution in [0.3, 0.4) is 0 Å². The van der Waals surface area contributed by atoms with Gasteiger partial charge in [-0.05, 0) is 30.7 Å². The van der Waals surface area contributed by atoms with Crippen LogP contribution in [-0.2, 0) is 0 Å². The standard InChI is InChI=1S/C16H12O2/c1-11-2-5-13(6-3-11)15-10-18-16-7-4-12(9-17)8-14(15)16/h2-10H,1H3. The van der Waals surface area contributed by atoms with Gasteiger partial charge in [-0.25, -0.2) is 0 Å². The third kappa shape index (κ3) is 1.72. The second kappa shape index (κ2) is 4.15. The number of fused-ring (bicyclic) bond motifs is 1. The van der Waals surface area contributed by atoms with Gasteiger partial charge in [-0.15, -0.1) is 0 Å². The van der Waals surface area contributed by atoms with E-state index in [4.69, 9.17) is 4.42 Å². The number of aldehydes is 1. The van der Waals surface area contributed by atoms with Gasteiger partial charge in [0.1, 0.15) is 11.9 Å². The van der Waals surface area contributed by atoms with Gasteiger partial charge in [-0.3, -0.25) is 4.79 Å². The predicted molar refractivity (Wildman–Crippen MR) is 71.8 cm³/mol. The number of rotatable bonds is 2. The second-order valence-corrected chi connectivity index (χ2v) is 4.39. The fraction of sp³-hybridized carbons (Fsp3) is 0.0625. The van der Waals surface area contributed by atoms with Gasteiger partial charge in [0, 0.05) is 16.5 Å². The van der Waals surface area contributed by atoms with Crippen molar-refractivity contribution in [2.45, 2.75) is 6.92 Å². The summed E-state index contributed by atoms with van der Waals surface area (Å²) in [4.78, 5) is 10.8. The van der Waals surface area contributed by atoms with Crippen LogP contribution in [0.25, 0.3) is 22.1 Å². The lowest BCUT2D eigenvalue weighted by atomic mass is 10.0. The lowest BCUT2D eigenvalue weighted by Gasteiger charge is -1.99. The zero-order valence-electron chi connectivity index (χ0n) is 10.0. The Morgan fingerprint density at radius 2 is 1.83 bits per heavy atom. The molecule has 0 N–H and O–H groups in total. The minimum atomic E-state index is 0.664. The lowest BCUT2D eigenvalue weighted by molar-refractivity contribution is 0.112. The molecule has 0 radical (unpaired) electrons. The maximum absolute atomic E-state index is 10.8. The fourth-order valence-corrected chi connectivity index (χ4v) is 2.08. The van der Waals surface area contributed by atoms with Gasteiger partial charge in [0.2, 0.25) is 0 Å². The number of hydrogen-bond donors (Lipinski definition) is 0. The summed E-state index contributed by atoms with van der Waals surface area (Å²) in [5, 5.41) is 0.975. The van der Waals surface area contributed by atoms with Crippen LogP contribution in [0.15, 0.2) is 53.1 Å². The minimum Gasteiger partial charge on any atom is -0.464 e. The van der Waals surface area contributed by atoms with Crippen molar-refractivity contribution >= 4 is 17.3 Å². The quantitative estimate of drug-likeness (QED) is 0.623. The Hall–Kier alpha value is -2.35. The molecule has 18 heavy (non-hydrogen) atoms. The van der Waals surface area contributed by atoms with Crippen molar-refractivity contribution in [2.24, 2.45) is 0 Å². The molecule has 0 fully saturated rings. The van der Waals surface area contributed by atoms with Crippen LogP contribution in [0.2, 0.25) is 0 Å². The SMILES string of the molecule is Cc1ccc(-c2coc3ccc(C=O)cc23)cc1. The van der Waals surface area contributed by atoms with Crippen molar-refractivity contribution in [3.05, 3.63) is 59.9 Å². The highest BCUT2D eigenvalue weighted by Crippen LogP contribution is 2.31. The Labute approximate surface area is 105 Å². The zero-order valence-corrected chi connectivity index (χ0v) is 10.0. The molecule has 0 aliphatic carbocycles. The third-order valence-corrected chi connectivity index (χ3v) is 3.10. The van der Waals surface area contributed by atoms with Gasteiger partial charge in [0.05, 0.1) is 6.26 Å². The predicted octanol–water partition coefficient (Wildman–Crippen LogP) is 4.22. The van der Waals surface area contributed by atoms with E-state index >= 15 is 0 Å². The highest BCUT2D eigenvalue weighted by atomic mass is 16.3. The Morgan fingerprint density at radius 1 is 1.06 bits per heavy atom. The molecule has 0 atom stereocenters. The van der Waals surface area contributed by atoms with Crippen molar-refractivity contribution < 1.29 is 9.21 Å². The Kier molecular flexibility index (Phi) is 2.49. The number of aryl methyl sites for hydroxylation is 1. The Morgan fingerprint density at radius 3 is 2.56 bits per heavy atom. The smallest absolute Gasteiger partial charge is 0.150 e. The summed E-state index contributed by atoms with van der Waals surface area (Å²) in [6.07, 6.45) is 2.59. The Bertz CT molecular complexity index is 706. The molecule has 2 nitrogen and oxygen atoms in total. The van der Waals surface area contributed by atoms with Crippen molar-refractivity contribution in [2.75, 3.05) is 0 Å². The molecule has 0 amide bonds. The first-order valence-electron chi connectivity index (χ1n) is 5.81. The molecule has 0 saturated carbocycles. The van der Waals surface area contributed by atoms with E-state index in [0.29, 0.717) is 5.56 Å².